The lowest BCUT2D eigenvalue weighted by atomic mass is 10.2. The Labute approximate surface area is 112 Å². The number of aromatic carboxylic acids is 1. The van der Waals surface area contributed by atoms with Gasteiger partial charge in [0.1, 0.15) is 5.01 Å². The van der Waals surface area contributed by atoms with Gasteiger partial charge in [-0.1, -0.05) is 0 Å². The smallest absolute Gasteiger partial charge is 0.355 e. The molecule has 0 fully saturated rings. The van der Waals surface area contributed by atoms with E-state index in [1.165, 1.54) is 22.9 Å². The van der Waals surface area contributed by atoms with Crippen molar-refractivity contribution in [1.29, 1.82) is 0 Å². The zero-order valence-electron chi connectivity index (χ0n) is 10.3. The molecule has 100 valence electrons. The molecule has 0 aromatic carbocycles. The minimum atomic E-state index is -1.08. The molecule has 1 unspecified atom stereocenters. The van der Waals surface area contributed by atoms with Gasteiger partial charge in [0.15, 0.2) is 5.69 Å². The van der Waals surface area contributed by atoms with Crippen molar-refractivity contribution in [3.63, 3.8) is 0 Å². The van der Waals surface area contributed by atoms with Crippen LogP contribution in [0.4, 0.5) is 0 Å². The van der Waals surface area contributed by atoms with Crippen LogP contribution < -0.4 is 5.32 Å². The van der Waals surface area contributed by atoms with E-state index in [2.05, 4.69) is 20.5 Å². The first kappa shape index (κ1) is 13.2. The Morgan fingerprint density at radius 1 is 1.53 bits per heavy atom. The molecule has 0 radical (unpaired) electrons. The maximum absolute atomic E-state index is 11.9. The maximum atomic E-state index is 11.9. The molecule has 0 saturated carbocycles. The summed E-state index contributed by atoms with van der Waals surface area (Å²) >= 11 is 1.20. The van der Waals surface area contributed by atoms with Gasteiger partial charge in [-0.25, -0.2) is 9.78 Å². The Kier molecular flexibility index (Phi) is 3.61. The van der Waals surface area contributed by atoms with E-state index in [9.17, 15) is 9.59 Å². The Morgan fingerprint density at radius 3 is 2.79 bits per heavy atom. The molecule has 8 heteroatoms. The van der Waals surface area contributed by atoms with Gasteiger partial charge < -0.3 is 10.4 Å². The van der Waals surface area contributed by atoms with Crippen molar-refractivity contribution in [2.75, 3.05) is 0 Å². The van der Waals surface area contributed by atoms with E-state index < -0.39 is 5.97 Å². The van der Waals surface area contributed by atoms with Crippen molar-refractivity contribution in [3.05, 3.63) is 33.5 Å². The summed E-state index contributed by atoms with van der Waals surface area (Å²) in [5.74, 6) is -1.35. The molecule has 2 heterocycles. The normalized spacial score (nSPS) is 12.1. The van der Waals surface area contributed by atoms with Crippen LogP contribution in [0.2, 0.25) is 0 Å². The molecule has 2 aromatic rings. The number of H-pyrrole nitrogens is 1. The molecule has 1 amide bonds. The SMILES string of the molecule is Cc1[nH]ncc1C(=O)NC(C)c1nc(C(=O)O)cs1. The molecule has 3 N–H and O–H groups in total. The van der Waals surface area contributed by atoms with Crippen LogP contribution in [0, 0.1) is 6.92 Å². The molecule has 0 aliphatic carbocycles. The molecule has 0 bridgehead atoms. The number of carboxylic acid groups (broad SMARTS) is 1. The molecule has 2 rings (SSSR count). The first-order valence-electron chi connectivity index (χ1n) is 5.48. The van der Waals surface area contributed by atoms with Gasteiger partial charge in [-0.2, -0.15) is 5.10 Å². The summed E-state index contributed by atoms with van der Waals surface area (Å²) in [6.07, 6.45) is 1.45. The second kappa shape index (κ2) is 5.19. The zero-order valence-corrected chi connectivity index (χ0v) is 11.1. The Hall–Kier alpha value is -2.22. The Morgan fingerprint density at radius 2 is 2.26 bits per heavy atom. The highest BCUT2D eigenvalue weighted by Gasteiger charge is 2.18. The standard InChI is InChI=1S/C11H12N4O3S/c1-5-7(3-12-15-5)9(16)13-6(2)10-14-8(4-19-10)11(17)18/h3-4,6H,1-2H3,(H,12,15)(H,13,16)(H,17,18). The molecule has 0 spiro atoms. The predicted molar refractivity (Wildman–Crippen MR) is 68.3 cm³/mol. The number of thiazole rings is 1. The van der Waals surface area contributed by atoms with Crippen LogP contribution >= 0.6 is 11.3 Å². The van der Waals surface area contributed by atoms with Crippen LogP contribution in [0.3, 0.4) is 0 Å². The highest BCUT2D eigenvalue weighted by atomic mass is 32.1. The molecule has 1 atom stereocenters. The van der Waals surface area contributed by atoms with Crippen LogP contribution in [0.1, 0.15) is 44.5 Å². The third-order valence-electron chi connectivity index (χ3n) is 2.53. The van der Waals surface area contributed by atoms with Crippen molar-refractivity contribution < 1.29 is 14.7 Å². The largest absolute Gasteiger partial charge is 0.476 e. The van der Waals surface area contributed by atoms with Crippen molar-refractivity contribution in [3.8, 4) is 0 Å². The first-order chi connectivity index (χ1) is 8.99. The lowest BCUT2D eigenvalue weighted by Crippen LogP contribution is -2.26. The van der Waals surface area contributed by atoms with Gasteiger partial charge in [-0.05, 0) is 13.8 Å². The van der Waals surface area contributed by atoms with Gasteiger partial charge in [0, 0.05) is 11.1 Å². The van der Waals surface area contributed by atoms with E-state index in [1.54, 1.807) is 13.8 Å². The number of carbonyl (C=O) groups excluding carboxylic acids is 1. The van der Waals surface area contributed by atoms with Crippen molar-refractivity contribution >= 4 is 23.2 Å². The number of carboxylic acids is 1. The number of carbonyl (C=O) groups is 2. The summed E-state index contributed by atoms with van der Waals surface area (Å²) in [4.78, 5) is 26.6. The maximum Gasteiger partial charge on any atom is 0.355 e. The second-order valence-electron chi connectivity index (χ2n) is 3.98. The van der Waals surface area contributed by atoms with Gasteiger partial charge in [0.25, 0.3) is 5.91 Å². The Bertz CT molecular complexity index is 619. The van der Waals surface area contributed by atoms with Gasteiger partial charge in [0.05, 0.1) is 17.8 Å². The molecule has 0 aliphatic rings. The highest BCUT2D eigenvalue weighted by Crippen LogP contribution is 2.18. The van der Waals surface area contributed by atoms with Crippen LogP contribution in [0.5, 0.6) is 0 Å². The molecule has 0 saturated heterocycles. The van der Waals surface area contributed by atoms with Gasteiger partial charge in [-0.15, -0.1) is 11.3 Å². The van der Waals surface area contributed by atoms with Crippen molar-refractivity contribution in [2.45, 2.75) is 19.9 Å². The van der Waals surface area contributed by atoms with Gasteiger partial charge in [-0.3, -0.25) is 9.89 Å². The van der Waals surface area contributed by atoms with E-state index in [4.69, 9.17) is 5.11 Å². The van der Waals surface area contributed by atoms with E-state index in [0.29, 0.717) is 16.3 Å². The average molecular weight is 280 g/mol. The molecular weight excluding hydrogens is 268 g/mol. The summed E-state index contributed by atoms with van der Waals surface area (Å²) < 4.78 is 0. The van der Waals surface area contributed by atoms with E-state index >= 15 is 0 Å². The lowest BCUT2D eigenvalue weighted by Gasteiger charge is -2.10. The van der Waals surface area contributed by atoms with Gasteiger partial charge >= 0.3 is 5.97 Å². The monoisotopic (exact) mass is 280 g/mol. The minimum Gasteiger partial charge on any atom is -0.476 e. The summed E-state index contributed by atoms with van der Waals surface area (Å²) in [6, 6.07) is -0.361. The number of aromatic amines is 1. The topological polar surface area (TPSA) is 108 Å². The Balaban J connectivity index is 2.08. The van der Waals surface area contributed by atoms with Crippen LogP contribution in [-0.2, 0) is 0 Å². The van der Waals surface area contributed by atoms with Crippen molar-refractivity contribution in [2.24, 2.45) is 0 Å². The summed E-state index contributed by atoms with van der Waals surface area (Å²) in [5.41, 5.74) is 1.12. The van der Waals surface area contributed by atoms with Crippen LogP contribution in [0.25, 0.3) is 0 Å². The molecule has 19 heavy (non-hydrogen) atoms. The summed E-state index contributed by atoms with van der Waals surface area (Å²) in [5, 5.41) is 20.0. The number of hydrogen-bond donors (Lipinski definition) is 3. The number of rotatable bonds is 4. The fourth-order valence-electron chi connectivity index (χ4n) is 1.50. The fourth-order valence-corrected chi connectivity index (χ4v) is 2.30. The number of nitrogens with one attached hydrogen (secondary N) is 2. The van der Waals surface area contributed by atoms with Crippen molar-refractivity contribution in [1.82, 2.24) is 20.5 Å². The van der Waals surface area contributed by atoms with Gasteiger partial charge in [0.2, 0.25) is 0 Å². The molecule has 7 nitrogen and oxygen atoms in total. The number of aryl methyl sites for hydroxylation is 1. The van der Waals surface area contributed by atoms with Crippen LogP contribution in [-0.4, -0.2) is 32.2 Å². The fraction of sp³-hybridized carbons (Fsp3) is 0.273. The van der Waals surface area contributed by atoms with E-state index in [1.807, 2.05) is 0 Å². The number of nitrogens with zero attached hydrogens (tertiary/aromatic N) is 2. The highest BCUT2D eigenvalue weighted by molar-refractivity contribution is 7.09. The first-order valence-corrected chi connectivity index (χ1v) is 6.36. The minimum absolute atomic E-state index is 0.0133. The number of amides is 1. The number of aromatic nitrogens is 3. The molecule has 0 aliphatic heterocycles. The predicted octanol–water partition coefficient (Wildman–Crippen LogP) is 1.36. The van der Waals surface area contributed by atoms with E-state index in [0.717, 1.165) is 0 Å². The molecule has 2 aromatic heterocycles. The summed E-state index contributed by atoms with van der Waals surface area (Å²) in [7, 11) is 0. The molecular formula is C11H12N4O3S. The zero-order chi connectivity index (χ0) is 14.0. The number of hydrogen-bond acceptors (Lipinski definition) is 5. The quantitative estimate of drug-likeness (QED) is 0.783. The average Bonchev–Trinajstić information content (AvgIpc) is 2.96. The summed E-state index contributed by atoms with van der Waals surface area (Å²) in [6.45, 7) is 3.50. The lowest BCUT2D eigenvalue weighted by molar-refractivity contribution is 0.0691. The van der Waals surface area contributed by atoms with Crippen LogP contribution in [0.15, 0.2) is 11.6 Å². The van der Waals surface area contributed by atoms with E-state index in [-0.39, 0.29) is 17.6 Å². The third kappa shape index (κ3) is 2.79. The third-order valence-corrected chi connectivity index (χ3v) is 3.56. The second-order valence-corrected chi connectivity index (χ2v) is 4.87.